The molecule has 0 aliphatic carbocycles. The van der Waals surface area contributed by atoms with E-state index in [4.69, 9.17) is 5.26 Å². The van der Waals surface area contributed by atoms with Crippen molar-refractivity contribution in [1.82, 2.24) is 25.0 Å². The Balaban J connectivity index is 1.60. The lowest BCUT2D eigenvalue weighted by atomic mass is 10.1. The maximum absolute atomic E-state index is 8.88. The maximum atomic E-state index is 8.88. The molecule has 1 N–H and O–H groups in total. The van der Waals surface area contributed by atoms with Crippen LogP contribution in [-0.4, -0.2) is 25.0 Å². The number of nitriles is 1. The monoisotopic (exact) mass is 314 g/mol. The van der Waals surface area contributed by atoms with Crippen LogP contribution in [0.4, 0.5) is 0 Å². The topological polar surface area (TPSA) is 83.2 Å². The summed E-state index contributed by atoms with van der Waals surface area (Å²) < 4.78 is 2.11. The molecule has 4 rings (SSSR count). The normalized spacial score (nSPS) is 10.8. The first-order valence-electron chi connectivity index (χ1n) is 7.60. The first kappa shape index (κ1) is 14.2. The van der Waals surface area contributed by atoms with Crippen LogP contribution in [0.3, 0.4) is 0 Å². The third-order valence-corrected chi connectivity index (χ3v) is 4.04. The van der Waals surface area contributed by atoms with Gasteiger partial charge in [-0.25, -0.2) is 4.98 Å². The first-order valence-corrected chi connectivity index (χ1v) is 7.60. The summed E-state index contributed by atoms with van der Waals surface area (Å²) in [5.41, 5.74) is 5.78. The van der Waals surface area contributed by atoms with Crippen molar-refractivity contribution in [3.63, 3.8) is 0 Å². The van der Waals surface area contributed by atoms with Crippen LogP contribution < -0.4 is 0 Å². The number of hydrogen-bond acceptors (Lipinski definition) is 4. The summed E-state index contributed by atoms with van der Waals surface area (Å²) in [5, 5.41) is 19.9. The Bertz CT molecular complexity index is 1020. The molecule has 0 spiro atoms. The minimum absolute atomic E-state index is 0.669. The number of aromatic nitrogens is 5. The summed E-state index contributed by atoms with van der Waals surface area (Å²) in [4.78, 5) is 4.28. The zero-order chi connectivity index (χ0) is 16.4. The molecular formula is C18H14N6. The van der Waals surface area contributed by atoms with E-state index in [1.54, 1.807) is 0 Å². The zero-order valence-corrected chi connectivity index (χ0v) is 12.8. The van der Waals surface area contributed by atoms with Gasteiger partial charge in [-0.2, -0.15) is 20.7 Å². The van der Waals surface area contributed by atoms with Gasteiger partial charge in [0.05, 0.1) is 18.0 Å². The van der Waals surface area contributed by atoms with Gasteiger partial charge in [0.2, 0.25) is 0 Å². The van der Waals surface area contributed by atoms with Crippen molar-refractivity contribution in [2.45, 2.75) is 13.0 Å². The van der Waals surface area contributed by atoms with Crippen LogP contribution in [0.1, 0.15) is 22.4 Å². The number of H-pyrrole nitrogens is 1. The van der Waals surface area contributed by atoms with E-state index in [0.29, 0.717) is 5.56 Å². The molecule has 0 saturated heterocycles. The molecule has 0 radical (unpaired) electrons. The summed E-state index contributed by atoms with van der Waals surface area (Å²) in [6.07, 6.45) is 4.44. The average molecular weight is 314 g/mol. The fourth-order valence-electron chi connectivity index (χ4n) is 2.78. The Morgan fingerprint density at radius 2 is 1.96 bits per heavy atom. The second-order valence-electron chi connectivity index (χ2n) is 5.61. The van der Waals surface area contributed by atoms with E-state index >= 15 is 0 Å². The van der Waals surface area contributed by atoms with Crippen molar-refractivity contribution >= 4 is 11.0 Å². The van der Waals surface area contributed by atoms with Gasteiger partial charge in [-0.1, -0.05) is 24.3 Å². The van der Waals surface area contributed by atoms with E-state index in [9.17, 15) is 0 Å². The zero-order valence-electron chi connectivity index (χ0n) is 12.8. The Morgan fingerprint density at radius 3 is 2.79 bits per heavy atom. The quantitative estimate of drug-likeness (QED) is 0.627. The number of aromatic amines is 1. The van der Waals surface area contributed by atoms with Crippen molar-refractivity contribution < 1.29 is 0 Å². The van der Waals surface area contributed by atoms with Crippen LogP contribution in [-0.2, 0) is 13.0 Å². The molecule has 0 bridgehead atoms. The van der Waals surface area contributed by atoms with Gasteiger partial charge >= 0.3 is 0 Å². The van der Waals surface area contributed by atoms with Crippen LogP contribution in [0, 0.1) is 11.3 Å². The highest BCUT2D eigenvalue weighted by Crippen LogP contribution is 2.18. The molecule has 4 aromatic rings. The minimum Gasteiger partial charge on any atom is -0.330 e. The van der Waals surface area contributed by atoms with Gasteiger partial charge in [0.1, 0.15) is 11.0 Å². The van der Waals surface area contributed by atoms with Gasteiger partial charge in [0.25, 0.3) is 0 Å². The molecule has 2 aromatic carbocycles. The van der Waals surface area contributed by atoms with E-state index in [2.05, 4.69) is 37.1 Å². The molecule has 0 aliphatic rings. The summed E-state index contributed by atoms with van der Waals surface area (Å²) >= 11 is 0. The Hall–Kier alpha value is -3.46. The standard InChI is InChI=1S/C18H14N6/c19-9-13-4-6-14(7-5-13)11-24-12-20-10-16(24)8-15-2-1-3-17-18(15)22-23-21-17/h1-7,10,12H,8,11H2,(H,21,22,23). The van der Waals surface area contributed by atoms with Gasteiger partial charge in [-0.3, -0.25) is 0 Å². The lowest BCUT2D eigenvalue weighted by Gasteiger charge is -2.09. The Labute approximate surface area is 138 Å². The average Bonchev–Trinajstić information content (AvgIpc) is 3.26. The molecule has 116 valence electrons. The molecule has 0 atom stereocenters. The molecule has 0 unspecified atom stereocenters. The molecule has 0 fully saturated rings. The predicted molar refractivity (Wildman–Crippen MR) is 89.2 cm³/mol. The number of nitrogens with one attached hydrogen (secondary N) is 1. The van der Waals surface area contributed by atoms with E-state index in [1.807, 2.05) is 48.9 Å². The molecule has 0 aliphatic heterocycles. The van der Waals surface area contributed by atoms with E-state index in [-0.39, 0.29) is 0 Å². The smallest absolute Gasteiger partial charge is 0.116 e. The summed E-state index contributed by atoms with van der Waals surface area (Å²) in [6.45, 7) is 0.718. The van der Waals surface area contributed by atoms with Crippen molar-refractivity contribution in [3.05, 3.63) is 77.4 Å². The molecule has 6 nitrogen and oxygen atoms in total. The first-order chi connectivity index (χ1) is 11.8. The fraction of sp³-hybridized carbons (Fsp3) is 0.111. The van der Waals surface area contributed by atoms with Gasteiger partial charge in [-0.15, -0.1) is 0 Å². The summed E-state index contributed by atoms with van der Waals surface area (Å²) in [6, 6.07) is 15.7. The number of nitrogens with zero attached hydrogens (tertiary/aromatic N) is 5. The van der Waals surface area contributed by atoms with Crippen molar-refractivity contribution in [2.24, 2.45) is 0 Å². The van der Waals surface area contributed by atoms with Crippen molar-refractivity contribution in [1.29, 1.82) is 5.26 Å². The van der Waals surface area contributed by atoms with Crippen LogP contribution in [0.5, 0.6) is 0 Å². The second-order valence-corrected chi connectivity index (χ2v) is 5.61. The van der Waals surface area contributed by atoms with Crippen LogP contribution in [0.2, 0.25) is 0 Å². The summed E-state index contributed by atoms with van der Waals surface area (Å²) in [5.74, 6) is 0. The highest BCUT2D eigenvalue weighted by Gasteiger charge is 2.09. The molecule has 0 saturated carbocycles. The number of para-hydroxylation sites is 1. The highest BCUT2D eigenvalue weighted by atomic mass is 15.3. The van der Waals surface area contributed by atoms with Crippen LogP contribution >= 0.6 is 0 Å². The number of imidazole rings is 1. The van der Waals surface area contributed by atoms with Crippen LogP contribution in [0.15, 0.2) is 55.0 Å². The van der Waals surface area contributed by atoms with Crippen molar-refractivity contribution in [3.8, 4) is 6.07 Å². The summed E-state index contributed by atoms with van der Waals surface area (Å²) in [7, 11) is 0. The van der Waals surface area contributed by atoms with E-state index in [1.165, 1.54) is 0 Å². The second kappa shape index (κ2) is 5.97. The third kappa shape index (κ3) is 2.63. The minimum atomic E-state index is 0.669. The van der Waals surface area contributed by atoms with Gasteiger partial charge in [0.15, 0.2) is 0 Å². The molecular weight excluding hydrogens is 300 g/mol. The largest absolute Gasteiger partial charge is 0.330 e. The Kier molecular flexibility index (Phi) is 3.52. The highest BCUT2D eigenvalue weighted by molar-refractivity contribution is 5.77. The molecule has 2 aromatic heterocycles. The molecule has 24 heavy (non-hydrogen) atoms. The van der Waals surface area contributed by atoms with Gasteiger partial charge < -0.3 is 4.57 Å². The number of hydrogen-bond donors (Lipinski definition) is 1. The number of rotatable bonds is 4. The molecule has 6 heteroatoms. The third-order valence-electron chi connectivity index (χ3n) is 4.04. The SMILES string of the molecule is N#Cc1ccc(Cn2cncc2Cc2cccc3n[nH]nc23)cc1. The van der Waals surface area contributed by atoms with E-state index in [0.717, 1.165) is 40.8 Å². The number of benzene rings is 2. The van der Waals surface area contributed by atoms with E-state index < -0.39 is 0 Å². The maximum Gasteiger partial charge on any atom is 0.116 e. The Morgan fingerprint density at radius 1 is 1.08 bits per heavy atom. The number of fused-ring (bicyclic) bond motifs is 1. The molecule has 0 amide bonds. The van der Waals surface area contributed by atoms with Gasteiger partial charge in [0, 0.05) is 24.9 Å². The van der Waals surface area contributed by atoms with Crippen LogP contribution in [0.25, 0.3) is 11.0 Å². The van der Waals surface area contributed by atoms with Crippen molar-refractivity contribution in [2.75, 3.05) is 0 Å². The lowest BCUT2D eigenvalue weighted by molar-refractivity contribution is 0.754. The van der Waals surface area contributed by atoms with Gasteiger partial charge in [-0.05, 0) is 29.3 Å². The fourth-order valence-corrected chi connectivity index (χ4v) is 2.78. The molecule has 2 heterocycles. The predicted octanol–water partition coefficient (Wildman–Crippen LogP) is 2.67. The lowest BCUT2D eigenvalue weighted by Crippen LogP contribution is -2.04.